The van der Waals surface area contributed by atoms with Gasteiger partial charge in [-0.25, -0.2) is 9.97 Å². The summed E-state index contributed by atoms with van der Waals surface area (Å²) in [5, 5.41) is 12.0. The van der Waals surface area contributed by atoms with E-state index < -0.39 is 0 Å². The van der Waals surface area contributed by atoms with Crippen LogP contribution in [0.3, 0.4) is 0 Å². The first-order chi connectivity index (χ1) is 23.2. The number of pyridine rings is 2. The SMILES string of the molecule is CNc1ncnc2cc(-c3c4c(nc(CCC5CCOC(C)(C)C5)c3-c3nnc(C)o3)C(C(C)C)CS4)sc12.c1cnc2c(c1)CCC2. The van der Waals surface area contributed by atoms with E-state index in [-0.39, 0.29) is 5.60 Å². The van der Waals surface area contributed by atoms with Gasteiger partial charge in [0.25, 0.3) is 0 Å². The second-order valence-corrected chi connectivity index (χ2v) is 16.2. The van der Waals surface area contributed by atoms with E-state index in [0.29, 0.717) is 29.5 Å². The molecule has 3 aliphatic rings. The number of nitrogens with one attached hydrogen (secondary N) is 1. The van der Waals surface area contributed by atoms with Gasteiger partial charge in [-0.15, -0.1) is 33.3 Å². The standard InChI is InChI=1S/C29H36N6O2S2.C8H9N/c1-15(2)18-13-38-26-23(21-11-20-25(39-21)27(30-6)32-14-31-20)22(28-35-34-16(3)37-28)19(33-24(18)26)8-7-17-9-10-36-29(4,5)12-17;1-3-7-4-2-6-9-8(7)5-1/h11,14-15,17-18H,7-10,12-13H2,1-6H3,(H,30,31,32);2,4,6H,1,3,5H2. The van der Waals surface area contributed by atoms with Gasteiger partial charge in [-0.1, -0.05) is 19.9 Å². The first-order valence-corrected chi connectivity index (χ1v) is 19.0. The predicted octanol–water partition coefficient (Wildman–Crippen LogP) is 8.71. The fraction of sp³-hybridized carbons (Fsp3) is 0.514. The summed E-state index contributed by atoms with van der Waals surface area (Å²) in [5.74, 6) is 4.48. The van der Waals surface area contributed by atoms with E-state index >= 15 is 0 Å². The summed E-state index contributed by atoms with van der Waals surface area (Å²) in [4.78, 5) is 21.1. The number of aryl methyl sites for hydroxylation is 4. The molecular formula is C37H45N7O2S2. The molecular weight excluding hydrogens is 639 g/mol. The lowest BCUT2D eigenvalue weighted by molar-refractivity contribution is -0.0734. The Morgan fingerprint density at radius 1 is 1.10 bits per heavy atom. The highest BCUT2D eigenvalue weighted by Crippen LogP contribution is 2.53. The third-order valence-corrected chi connectivity index (χ3v) is 12.2. The van der Waals surface area contributed by atoms with E-state index in [9.17, 15) is 0 Å². The Morgan fingerprint density at radius 2 is 1.98 bits per heavy atom. The third-order valence-electron chi connectivity index (χ3n) is 9.78. The normalized spacial score (nSPS) is 19.6. The largest absolute Gasteiger partial charge is 0.421 e. The number of ether oxygens (including phenoxy) is 1. The molecule has 1 N–H and O–H groups in total. The second kappa shape index (κ2) is 13.8. The van der Waals surface area contributed by atoms with Crippen LogP contribution < -0.4 is 5.32 Å². The molecule has 1 fully saturated rings. The topological polar surface area (TPSA) is 112 Å². The monoisotopic (exact) mass is 683 g/mol. The lowest BCUT2D eigenvalue weighted by Crippen LogP contribution is -2.34. The van der Waals surface area contributed by atoms with Gasteiger partial charge in [0, 0.05) is 59.5 Å². The lowest BCUT2D eigenvalue weighted by Gasteiger charge is -2.35. The number of hydrogen-bond donors (Lipinski definition) is 1. The second-order valence-electron chi connectivity index (χ2n) is 14.1. The number of aromatic nitrogens is 6. The molecule has 5 aromatic heterocycles. The summed E-state index contributed by atoms with van der Waals surface area (Å²) in [7, 11) is 1.90. The molecule has 0 saturated carbocycles. The van der Waals surface area contributed by atoms with Gasteiger partial charge in [-0.2, -0.15) is 0 Å². The molecule has 48 heavy (non-hydrogen) atoms. The zero-order chi connectivity index (χ0) is 33.4. The third kappa shape index (κ3) is 6.73. The van der Waals surface area contributed by atoms with Gasteiger partial charge in [0.15, 0.2) is 0 Å². The van der Waals surface area contributed by atoms with Crippen molar-refractivity contribution in [1.82, 2.24) is 30.1 Å². The van der Waals surface area contributed by atoms with Crippen LogP contribution in [0.2, 0.25) is 0 Å². The Bertz CT molecular complexity index is 1890. The summed E-state index contributed by atoms with van der Waals surface area (Å²) in [5.41, 5.74) is 8.03. The molecule has 5 aromatic rings. The van der Waals surface area contributed by atoms with Gasteiger partial charge in [-0.3, -0.25) is 9.97 Å². The minimum Gasteiger partial charge on any atom is -0.421 e. The van der Waals surface area contributed by atoms with Gasteiger partial charge < -0.3 is 14.5 Å². The fourth-order valence-electron chi connectivity index (χ4n) is 7.31. The molecule has 2 unspecified atom stereocenters. The van der Waals surface area contributed by atoms with E-state index in [1.807, 2.05) is 38.0 Å². The number of hydrogen-bond acceptors (Lipinski definition) is 11. The van der Waals surface area contributed by atoms with Crippen molar-refractivity contribution in [3.63, 3.8) is 0 Å². The zero-order valence-corrected chi connectivity index (χ0v) is 30.4. The Labute approximate surface area is 291 Å². The highest BCUT2D eigenvalue weighted by atomic mass is 32.2. The van der Waals surface area contributed by atoms with Crippen LogP contribution in [-0.2, 0) is 24.0 Å². The maximum Gasteiger partial charge on any atom is 0.250 e. The number of fused-ring (bicyclic) bond motifs is 3. The highest BCUT2D eigenvalue weighted by Gasteiger charge is 2.36. The van der Waals surface area contributed by atoms with E-state index in [1.165, 1.54) is 41.1 Å². The van der Waals surface area contributed by atoms with Crippen molar-refractivity contribution in [1.29, 1.82) is 0 Å². The molecule has 1 saturated heterocycles. The zero-order valence-electron chi connectivity index (χ0n) is 28.8. The van der Waals surface area contributed by atoms with Crippen LogP contribution in [0.25, 0.3) is 32.1 Å². The van der Waals surface area contributed by atoms with E-state index in [0.717, 1.165) is 75.8 Å². The van der Waals surface area contributed by atoms with E-state index in [1.54, 1.807) is 17.7 Å². The molecule has 0 bridgehead atoms. The molecule has 0 aromatic carbocycles. The average molecular weight is 684 g/mol. The molecule has 0 spiro atoms. The van der Waals surface area contributed by atoms with Crippen molar-refractivity contribution >= 4 is 39.1 Å². The molecule has 7 heterocycles. The number of rotatable bonds is 7. The van der Waals surface area contributed by atoms with Crippen molar-refractivity contribution in [2.45, 2.75) is 96.0 Å². The van der Waals surface area contributed by atoms with E-state index in [4.69, 9.17) is 14.1 Å². The van der Waals surface area contributed by atoms with Crippen LogP contribution in [0.15, 0.2) is 40.0 Å². The molecule has 11 heteroatoms. The van der Waals surface area contributed by atoms with E-state index in [2.05, 4.69) is 70.3 Å². The van der Waals surface area contributed by atoms with Crippen LogP contribution in [0.1, 0.15) is 87.8 Å². The number of nitrogens with zero attached hydrogens (tertiary/aromatic N) is 6. The number of thiophene rings is 1. The van der Waals surface area contributed by atoms with Crippen molar-refractivity contribution < 1.29 is 9.15 Å². The molecule has 2 atom stereocenters. The maximum absolute atomic E-state index is 6.12. The van der Waals surface area contributed by atoms with Crippen LogP contribution in [-0.4, -0.2) is 55.1 Å². The van der Waals surface area contributed by atoms with Crippen LogP contribution in [0, 0.1) is 18.8 Å². The molecule has 2 aliphatic heterocycles. The Morgan fingerprint density at radius 3 is 2.73 bits per heavy atom. The van der Waals surface area contributed by atoms with Gasteiger partial charge in [0.2, 0.25) is 11.8 Å². The molecule has 8 rings (SSSR count). The van der Waals surface area contributed by atoms with Gasteiger partial charge in [0.1, 0.15) is 12.1 Å². The van der Waals surface area contributed by atoms with Crippen molar-refractivity contribution in [3.05, 3.63) is 59.3 Å². The summed E-state index contributed by atoms with van der Waals surface area (Å²) in [6.07, 6.45) is 11.3. The number of anilines is 1. The summed E-state index contributed by atoms with van der Waals surface area (Å²) < 4.78 is 13.2. The van der Waals surface area contributed by atoms with Gasteiger partial charge in [0.05, 0.1) is 32.8 Å². The minimum atomic E-state index is -0.0750. The molecule has 9 nitrogen and oxygen atoms in total. The molecule has 252 valence electrons. The fourth-order valence-corrected chi connectivity index (χ4v) is 10.1. The summed E-state index contributed by atoms with van der Waals surface area (Å²) in [6, 6.07) is 6.37. The van der Waals surface area contributed by atoms with Crippen LogP contribution >= 0.6 is 23.1 Å². The Balaban J connectivity index is 0.000000347. The minimum absolute atomic E-state index is 0.0750. The van der Waals surface area contributed by atoms with Crippen molar-refractivity contribution in [2.24, 2.45) is 11.8 Å². The molecule has 0 amide bonds. The smallest absolute Gasteiger partial charge is 0.250 e. The number of thioether (sulfide) groups is 1. The maximum atomic E-state index is 6.12. The van der Waals surface area contributed by atoms with Crippen LogP contribution in [0.5, 0.6) is 0 Å². The lowest BCUT2D eigenvalue weighted by atomic mass is 9.84. The quantitative estimate of drug-likeness (QED) is 0.179. The van der Waals surface area contributed by atoms with Gasteiger partial charge >= 0.3 is 0 Å². The molecule has 0 radical (unpaired) electrons. The Hall–Kier alpha value is -3.41. The highest BCUT2D eigenvalue weighted by molar-refractivity contribution is 7.99. The molecule has 1 aliphatic carbocycles. The van der Waals surface area contributed by atoms with Crippen molar-refractivity contribution in [2.75, 3.05) is 24.7 Å². The summed E-state index contributed by atoms with van der Waals surface area (Å²) in [6.45, 7) is 11.7. The van der Waals surface area contributed by atoms with Gasteiger partial charge in [-0.05, 0) is 88.3 Å². The first kappa shape index (κ1) is 33.1. The first-order valence-electron chi connectivity index (χ1n) is 17.2. The Kier molecular flexibility index (Phi) is 9.54. The van der Waals surface area contributed by atoms with Crippen molar-refractivity contribution in [3.8, 4) is 21.9 Å². The van der Waals surface area contributed by atoms with Crippen LogP contribution in [0.4, 0.5) is 5.82 Å². The summed E-state index contributed by atoms with van der Waals surface area (Å²) >= 11 is 3.61. The predicted molar refractivity (Wildman–Crippen MR) is 194 cm³/mol. The average Bonchev–Trinajstić information content (AvgIpc) is 3.88.